The molecule has 0 saturated heterocycles. The number of halogens is 1. The van der Waals surface area contributed by atoms with E-state index in [1.54, 1.807) is 25.1 Å². The van der Waals surface area contributed by atoms with Gasteiger partial charge in [-0.25, -0.2) is 9.78 Å². The van der Waals surface area contributed by atoms with Crippen LogP contribution in [0.1, 0.15) is 12.7 Å². The topological polar surface area (TPSA) is 92.1 Å². The number of H-pyrrole nitrogens is 1. The molecule has 100 valence electrons. The van der Waals surface area contributed by atoms with Gasteiger partial charge in [0.25, 0.3) is 5.56 Å². The van der Waals surface area contributed by atoms with Crippen LogP contribution in [0.3, 0.4) is 0 Å². The first-order valence-corrected chi connectivity index (χ1v) is 6.12. The first-order valence-electron chi connectivity index (χ1n) is 5.74. The molecule has 0 unspecified atom stereocenters. The lowest BCUT2D eigenvalue weighted by molar-refractivity contribution is 0.206. The highest BCUT2D eigenvalue weighted by atomic mass is 35.5. The normalized spacial score (nSPS) is 10.6. The molecule has 1 aromatic carbocycles. The fraction of sp³-hybridized carbons (Fsp3) is 0.250. The quantitative estimate of drug-likeness (QED) is 0.892. The van der Waals surface area contributed by atoms with Crippen LogP contribution >= 0.6 is 11.6 Å². The predicted molar refractivity (Wildman–Crippen MR) is 73.0 cm³/mol. The van der Waals surface area contributed by atoms with E-state index in [0.717, 1.165) is 0 Å². The van der Waals surface area contributed by atoms with E-state index in [2.05, 4.69) is 9.97 Å². The Morgan fingerprint density at radius 3 is 2.89 bits per heavy atom. The summed E-state index contributed by atoms with van der Waals surface area (Å²) < 4.78 is 0. The van der Waals surface area contributed by atoms with E-state index in [-0.39, 0.29) is 12.1 Å². The maximum Gasteiger partial charge on any atom is 0.315 e. The highest BCUT2D eigenvalue weighted by Crippen LogP contribution is 2.14. The molecule has 7 heteroatoms. The Morgan fingerprint density at radius 2 is 2.26 bits per heavy atom. The Morgan fingerprint density at radius 1 is 1.53 bits per heavy atom. The molecule has 0 fully saturated rings. The van der Waals surface area contributed by atoms with Crippen LogP contribution in [0.4, 0.5) is 4.79 Å². The van der Waals surface area contributed by atoms with Gasteiger partial charge in [-0.05, 0) is 25.1 Å². The molecule has 1 aromatic heterocycles. The van der Waals surface area contributed by atoms with Crippen molar-refractivity contribution in [3.05, 3.63) is 39.4 Å². The second kappa shape index (κ2) is 5.27. The summed E-state index contributed by atoms with van der Waals surface area (Å²) in [5, 5.41) is 0.953. The van der Waals surface area contributed by atoms with Crippen LogP contribution in [-0.4, -0.2) is 27.4 Å². The first-order chi connectivity index (χ1) is 9.01. The molecule has 0 atom stereocenters. The van der Waals surface area contributed by atoms with Gasteiger partial charge >= 0.3 is 6.03 Å². The monoisotopic (exact) mass is 280 g/mol. The number of primary amides is 1. The highest BCUT2D eigenvalue weighted by molar-refractivity contribution is 6.31. The number of benzene rings is 1. The van der Waals surface area contributed by atoms with Crippen LogP contribution < -0.4 is 11.3 Å². The molecule has 0 aliphatic rings. The van der Waals surface area contributed by atoms with Crippen molar-refractivity contribution in [2.24, 2.45) is 5.73 Å². The maximum atomic E-state index is 11.9. The number of nitrogens with one attached hydrogen (secondary N) is 1. The average molecular weight is 281 g/mol. The lowest BCUT2D eigenvalue weighted by atomic mass is 10.2. The van der Waals surface area contributed by atoms with Crippen LogP contribution in [0.15, 0.2) is 23.0 Å². The van der Waals surface area contributed by atoms with Gasteiger partial charge in [0.2, 0.25) is 0 Å². The lowest BCUT2D eigenvalue weighted by Gasteiger charge is -2.17. The molecule has 6 nitrogen and oxygen atoms in total. The number of rotatable bonds is 3. The fourth-order valence-electron chi connectivity index (χ4n) is 1.76. The highest BCUT2D eigenvalue weighted by Gasteiger charge is 2.11. The summed E-state index contributed by atoms with van der Waals surface area (Å²) in [6, 6.07) is 4.29. The first kappa shape index (κ1) is 13.4. The Hall–Kier alpha value is -2.08. The number of hydrogen-bond donors (Lipinski definition) is 2. The summed E-state index contributed by atoms with van der Waals surface area (Å²) in [5.74, 6) is 0.375. The third-order valence-electron chi connectivity index (χ3n) is 2.75. The van der Waals surface area contributed by atoms with Crippen molar-refractivity contribution in [3.63, 3.8) is 0 Å². The van der Waals surface area contributed by atoms with Crippen molar-refractivity contribution in [3.8, 4) is 0 Å². The molecule has 0 bridgehead atoms. The van der Waals surface area contributed by atoms with Gasteiger partial charge in [0.1, 0.15) is 5.82 Å². The van der Waals surface area contributed by atoms with Gasteiger partial charge < -0.3 is 15.6 Å². The van der Waals surface area contributed by atoms with E-state index < -0.39 is 6.03 Å². The molecule has 0 aliphatic heterocycles. The van der Waals surface area contributed by atoms with E-state index in [1.165, 1.54) is 4.90 Å². The number of nitrogens with zero attached hydrogens (tertiary/aromatic N) is 2. The second-order valence-electron chi connectivity index (χ2n) is 4.03. The summed E-state index contributed by atoms with van der Waals surface area (Å²) in [4.78, 5) is 31.3. The number of aromatic nitrogens is 2. The van der Waals surface area contributed by atoms with Crippen LogP contribution in [0, 0.1) is 0 Å². The van der Waals surface area contributed by atoms with Gasteiger partial charge in [0.05, 0.1) is 17.4 Å². The number of nitrogens with two attached hydrogens (primary N) is 1. The van der Waals surface area contributed by atoms with Gasteiger partial charge in [0.15, 0.2) is 0 Å². The van der Waals surface area contributed by atoms with E-state index in [4.69, 9.17) is 17.3 Å². The SMILES string of the molecule is CCN(Cc1nc2cc(Cl)ccc2c(=O)[nH]1)C(N)=O. The van der Waals surface area contributed by atoms with Crippen LogP contribution in [0.25, 0.3) is 10.9 Å². The number of carbonyl (C=O) groups is 1. The Balaban J connectivity index is 2.45. The smallest absolute Gasteiger partial charge is 0.315 e. The fourth-order valence-corrected chi connectivity index (χ4v) is 1.93. The number of amides is 2. The summed E-state index contributed by atoms with van der Waals surface area (Å²) in [5.41, 5.74) is 5.44. The number of hydrogen-bond acceptors (Lipinski definition) is 3. The van der Waals surface area contributed by atoms with E-state index in [9.17, 15) is 9.59 Å². The van der Waals surface area contributed by atoms with Crippen LogP contribution in [0.5, 0.6) is 0 Å². The summed E-state index contributed by atoms with van der Waals surface area (Å²) in [7, 11) is 0. The van der Waals surface area contributed by atoms with Gasteiger partial charge in [0, 0.05) is 11.6 Å². The minimum absolute atomic E-state index is 0.156. The molecule has 0 aliphatic carbocycles. The molecular weight excluding hydrogens is 268 g/mol. The molecule has 2 rings (SSSR count). The Bertz CT molecular complexity index is 683. The lowest BCUT2D eigenvalue weighted by Crippen LogP contribution is -2.36. The third kappa shape index (κ3) is 2.85. The molecule has 3 N–H and O–H groups in total. The average Bonchev–Trinajstić information content (AvgIpc) is 2.35. The number of urea groups is 1. The summed E-state index contributed by atoms with van der Waals surface area (Å²) >= 11 is 5.87. The molecule has 0 saturated carbocycles. The molecule has 1 heterocycles. The maximum absolute atomic E-state index is 11.9. The summed E-state index contributed by atoms with van der Waals surface area (Å²) in [6.45, 7) is 2.39. The van der Waals surface area contributed by atoms with Crippen molar-refractivity contribution in [2.45, 2.75) is 13.5 Å². The Labute approximate surface area is 114 Å². The van der Waals surface area contributed by atoms with Gasteiger partial charge in [-0.3, -0.25) is 4.79 Å². The second-order valence-corrected chi connectivity index (χ2v) is 4.46. The minimum Gasteiger partial charge on any atom is -0.351 e. The van der Waals surface area contributed by atoms with Gasteiger partial charge in [-0.2, -0.15) is 0 Å². The third-order valence-corrected chi connectivity index (χ3v) is 2.99. The molecular formula is C12H13ClN4O2. The Kier molecular flexibility index (Phi) is 3.71. The molecule has 19 heavy (non-hydrogen) atoms. The van der Waals surface area contributed by atoms with Gasteiger partial charge in [-0.15, -0.1) is 0 Å². The van der Waals surface area contributed by atoms with Crippen LogP contribution in [-0.2, 0) is 6.54 Å². The van der Waals surface area contributed by atoms with E-state index >= 15 is 0 Å². The van der Waals surface area contributed by atoms with Crippen molar-refractivity contribution in [1.29, 1.82) is 0 Å². The minimum atomic E-state index is -0.559. The number of aromatic amines is 1. The summed E-state index contributed by atoms with van der Waals surface area (Å²) in [6.07, 6.45) is 0. The molecule has 0 radical (unpaired) electrons. The van der Waals surface area contributed by atoms with Crippen molar-refractivity contribution in [2.75, 3.05) is 6.54 Å². The van der Waals surface area contributed by atoms with Crippen molar-refractivity contribution >= 4 is 28.5 Å². The van der Waals surface area contributed by atoms with Crippen molar-refractivity contribution in [1.82, 2.24) is 14.9 Å². The van der Waals surface area contributed by atoms with E-state index in [1.807, 2.05) is 0 Å². The molecule has 0 spiro atoms. The zero-order chi connectivity index (χ0) is 14.0. The largest absolute Gasteiger partial charge is 0.351 e. The number of carbonyl (C=O) groups excluding carboxylic acids is 1. The molecule has 2 amide bonds. The zero-order valence-electron chi connectivity index (χ0n) is 10.3. The van der Waals surface area contributed by atoms with Crippen molar-refractivity contribution < 1.29 is 4.79 Å². The zero-order valence-corrected chi connectivity index (χ0v) is 11.1. The predicted octanol–water partition coefficient (Wildman–Crippen LogP) is 1.48. The van der Waals surface area contributed by atoms with Crippen LogP contribution in [0.2, 0.25) is 5.02 Å². The van der Waals surface area contributed by atoms with E-state index in [0.29, 0.717) is 28.3 Å². The number of fused-ring (bicyclic) bond motifs is 1. The molecule has 2 aromatic rings. The van der Waals surface area contributed by atoms with Gasteiger partial charge in [-0.1, -0.05) is 11.6 Å². The standard InChI is InChI=1S/C12H13ClN4O2/c1-2-17(12(14)19)6-10-15-9-5-7(13)3-4-8(9)11(18)16-10/h3-5H,2,6H2,1H3,(H2,14,19)(H,15,16,18).